The van der Waals surface area contributed by atoms with Gasteiger partial charge >= 0.3 is 6.18 Å². The molecule has 0 N–H and O–H groups in total. The van der Waals surface area contributed by atoms with Crippen molar-refractivity contribution in [2.45, 2.75) is 38.0 Å². The van der Waals surface area contributed by atoms with Crippen LogP contribution in [0.15, 0.2) is 0 Å². The highest BCUT2D eigenvalue weighted by Gasteiger charge is 2.40. The lowest BCUT2D eigenvalue weighted by Gasteiger charge is -2.27. The molecule has 0 aromatic carbocycles. The molecular weight excluding hydrogens is 205 g/mol. The highest BCUT2D eigenvalue weighted by Crippen LogP contribution is 2.30. The molecule has 90 valence electrons. The topological polar surface area (TPSA) is 6.48 Å². The first-order chi connectivity index (χ1) is 6.62. The van der Waals surface area contributed by atoms with E-state index in [1.165, 1.54) is 4.90 Å². The molecule has 0 radical (unpaired) electrons. The van der Waals surface area contributed by atoms with Gasteiger partial charge in [-0.1, -0.05) is 0 Å². The first kappa shape index (κ1) is 12.8. The fourth-order valence-electron chi connectivity index (χ4n) is 2.07. The summed E-state index contributed by atoms with van der Waals surface area (Å²) in [5, 5.41) is 0. The van der Waals surface area contributed by atoms with Crippen molar-refractivity contribution in [3.8, 4) is 0 Å². The number of nitrogens with zero attached hydrogens (tertiary/aromatic N) is 2. The zero-order valence-electron chi connectivity index (χ0n) is 9.73. The van der Waals surface area contributed by atoms with Crippen molar-refractivity contribution in [1.82, 2.24) is 9.80 Å². The third kappa shape index (κ3) is 3.34. The minimum Gasteiger partial charge on any atom is -0.300 e. The molecule has 0 saturated carbocycles. The van der Waals surface area contributed by atoms with Crippen LogP contribution in [0.2, 0.25) is 0 Å². The molecule has 0 amide bonds. The van der Waals surface area contributed by atoms with Crippen LogP contribution in [-0.2, 0) is 0 Å². The van der Waals surface area contributed by atoms with Gasteiger partial charge in [0.2, 0.25) is 0 Å². The van der Waals surface area contributed by atoms with Crippen molar-refractivity contribution in [2.75, 3.05) is 27.2 Å². The fraction of sp³-hybridized carbons (Fsp3) is 1.00. The van der Waals surface area contributed by atoms with E-state index < -0.39 is 12.7 Å². The summed E-state index contributed by atoms with van der Waals surface area (Å²) < 4.78 is 36.6. The Labute approximate surface area is 89.0 Å². The molecule has 1 saturated heterocycles. The lowest BCUT2D eigenvalue weighted by molar-refractivity contribution is -0.147. The summed E-state index contributed by atoms with van der Waals surface area (Å²) in [5.74, 6) is 0. The second kappa shape index (κ2) is 3.94. The Hall–Kier alpha value is -0.290. The van der Waals surface area contributed by atoms with Crippen LogP contribution in [0.4, 0.5) is 13.2 Å². The van der Waals surface area contributed by atoms with E-state index in [1.807, 2.05) is 7.05 Å². The Bertz CT molecular complexity index is 225. The van der Waals surface area contributed by atoms with Gasteiger partial charge in [-0.2, -0.15) is 13.2 Å². The number of hydrogen-bond donors (Lipinski definition) is 0. The van der Waals surface area contributed by atoms with Gasteiger partial charge < -0.3 is 0 Å². The summed E-state index contributed by atoms with van der Waals surface area (Å²) >= 11 is 0. The van der Waals surface area contributed by atoms with Crippen molar-refractivity contribution in [1.29, 1.82) is 0 Å². The van der Waals surface area contributed by atoms with Gasteiger partial charge in [0.15, 0.2) is 0 Å². The molecule has 5 heteroatoms. The van der Waals surface area contributed by atoms with Crippen LogP contribution in [0, 0.1) is 0 Å². The highest BCUT2D eigenvalue weighted by atomic mass is 19.4. The molecule has 1 rings (SSSR count). The van der Waals surface area contributed by atoms with Crippen molar-refractivity contribution in [2.24, 2.45) is 0 Å². The van der Waals surface area contributed by atoms with Crippen molar-refractivity contribution >= 4 is 0 Å². The van der Waals surface area contributed by atoms with E-state index in [9.17, 15) is 13.2 Å². The van der Waals surface area contributed by atoms with Crippen LogP contribution >= 0.6 is 0 Å². The van der Waals surface area contributed by atoms with Crippen LogP contribution in [0.5, 0.6) is 0 Å². The monoisotopic (exact) mass is 224 g/mol. The number of alkyl halides is 3. The van der Waals surface area contributed by atoms with Crippen LogP contribution in [0.1, 0.15) is 20.3 Å². The van der Waals surface area contributed by atoms with Crippen LogP contribution in [0.25, 0.3) is 0 Å². The summed E-state index contributed by atoms with van der Waals surface area (Å²) in [6, 6.07) is 0.00613. The first-order valence-electron chi connectivity index (χ1n) is 5.10. The van der Waals surface area contributed by atoms with E-state index in [4.69, 9.17) is 0 Å². The summed E-state index contributed by atoms with van der Waals surface area (Å²) in [7, 11) is 3.51. The molecule has 2 nitrogen and oxygen atoms in total. The van der Waals surface area contributed by atoms with Gasteiger partial charge in [-0.05, 0) is 34.4 Å². The van der Waals surface area contributed by atoms with Gasteiger partial charge in [0.25, 0.3) is 0 Å². The molecule has 1 atom stereocenters. The highest BCUT2D eigenvalue weighted by molar-refractivity contribution is 4.95. The van der Waals surface area contributed by atoms with Crippen LogP contribution in [-0.4, -0.2) is 54.7 Å². The zero-order chi connectivity index (χ0) is 11.9. The molecule has 1 aliphatic heterocycles. The largest absolute Gasteiger partial charge is 0.401 e. The Morgan fingerprint density at radius 1 is 1.40 bits per heavy atom. The fourth-order valence-corrected chi connectivity index (χ4v) is 2.07. The molecule has 0 bridgehead atoms. The van der Waals surface area contributed by atoms with Crippen molar-refractivity contribution in [3.63, 3.8) is 0 Å². The summed E-state index contributed by atoms with van der Waals surface area (Å²) in [6.07, 6.45) is -3.31. The zero-order valence-corrected chi connectivity index (χ0v) is 9.73. The van der Waals surface area contributed by atoms with Gasteiger partial charge in [-0.3, -0.25) is 9.80 Å². The van der Waals surface area contributed by atoms with Gasteiger partial charge in [0.05, 0.1) is 6.54 Å². The molecule has 0 aliphatic carbocycles. The number of hydrogen-bond acceptors (Lipinski definition) is 2. The molecule has 1 fully saturated rings. The minimum atomic E-state index is -4.10. The molecule has 0 spiro atoms. The number of likely N-dealkylation sites (N-methyl/N-ethyl adjacent to an activating group) is 2. The molecular formula is C10H19F3N2. The lowest BCUT2D eigenvalue weighted by atomic mass is 10.00. The van der Waals surface area contributed by atoms with Crippen molar-refractivity contribution < 1.29 is 13.2 Å². The summed E-state index contributed by atoms with van der Waals surface area (Å²) in [6.45, 7) is 4.02. The molecule has 0 aromatic rings. The van der Waals surface area contributed by atoms with E-state index in [2.05, 4.69) is 18.7 Å². The Morgan fingerprint density at radius 3 is 2.27 bits per heavy atom. The lowest BCUT2D eigenvalue weighted by Crippen LogP contribution is -2.40. The second-order valence-corrected chi connectivity index (χ2v) is 5.08. The predicted molar refractivity (Wildman–Crippen MR) is 53.8 cm³/mol. The van der Waals surface area contributed by atoms with Gasteiger partial charge in [0.1, 0.15) is 0 Å². The molecule has 15 heavy (non-hydrogen) atoms. The maximum atomic E-state index is 12.2. The van der Waals surface area contributed by atoms with Crippen molar-refractivity contribution in [3.05, 3.63) is 0 Å². The molecule has 1 aliphatic rings. The number of halogens is 3. The van der Waals surface area contributed by atoms with E-state index in [0.29, 0.717) is 6.54 Å². The van der Waals surface area contributed by atoms with Gasteiger partial charge in [0, 0.05) is 18.1 Å². The van der Waals surface area contributed by atoms with Gasteiger partial charge in [-0.15, -0.1) is 0 Å². The Morgan fingerprint density at radius 2 is 1.93 bits per heavy atom. The van der Waals surface area contributed by atoms with E-state index in [-0.39, 0.29) is 11.6 Å². The molecule has 0 aromatic heterocycles. The van der Waals surface area contributed by atoms with Crippen LogP contribution in [0.3, 0.4) is 0 Å². The second-order valence-electron chi connectivity index (χ2n) is 5.08. The van der Waals surface area contributed by atoms with Gasteiger partial charge in [-0.25, -0.2) is 0 Å². The third-order valence-electron chi connectivity index (χ3n) is 3.31. The average Bonchev–Trinajstić information content (AvgIpc) is 2.23. The quantitative estimate of drug-likeness (QED) is 0.707. The predicted octanol–water partition coefficient (Wildman–Crippen LogP) is 1.96. The Balaban J connectivity index is 2.54. The standard InChI is InChI=1S/C10H19F3N2/c1-9(2)5-8(6-15(9)4)14(3)7-10(11,12)13/h8H,5-7H2,1-4H3/t8-/m0/s1. The summed E-state index contributed by atoms with van der Waals surface area (Å²) in [4.78, 5) is 3.52. The molecule has 0 unspecified atom stereocenters. The third-order valence-corrected chi connectivity index (χ3v) is 3.31. The maximum absolute atomic E-state index is 12.2. The molecule has 1 heterocycles. The van der Waals surface area contributed by atoms with Crippen LogP contribution < -0.4 is 0 Å². The maximum Gasteiger partial charge on any atom is 0.401 e. The normalized spacial score (nSPS) is 27.6. The first-order valence-corrected chi connectivity index (χ1v) is 5.10. The Kier molecular flexibility index (Phi) is 3.36. The minimum absolute atomic E-state index is 0.00449. The number of rotatable bonds is 2. The van der Waals surface area contributed by atoms with E-state index >= 15 is 0 Å². The smallest absolute Gasteiger partial charge is 0.300 e. The van der Waals surface area contributed by atoms with E-state index in [0.717, 1.165) is 6.42 Å². The summed E-state index contributed by atoms with van der Waals surface area (Å²) in [5.41, 5.74) is 0.00449. The number of likely N-dealkylation sites (tertiary alicyclic amines) is 1. The SMILES string of the molecule is CN(CC(F)(F)F)[C@@H]1CN(C)C(C)(C)C1. The van der Waals surface area contributed by atoms with E-state index in [1.54, 1.807) is 7.05 Å². The average molecular weight is 224 g/mol.